The Labute approximate surface area is 214 Å². The predicted molar refractivity (Wildman–Crippen MR) is 140 cm³/mol. The van der Waals surface area contributed by atoms with Gasteiger partial charge in [0.1, 0.15) is 0 Å². The van der Waals surface area contributed by atoms with Crippen LogP contribution in [0.4, 0.5) is 17.1 Å². The van der Waals surface area contributed by atoms with Crippen LogP contribution in [0, 0.1) is 10.1 Å². The molecule has 9 heteroatoms. The largest absolute Gasteiger partial charge is 0.493 e. The Bertz CT molecular complexity index is 1390. The number of hydrogen-bond acceptors (Lipinski definition) is 8. The maximum Gasteiger partial charge on any atom is 0.275 e. The molecule has 1 aliphatic carbocycles. The van der Waals surface area contributed by atoms with Gasteiger partial charge in [0.25, 0.3) is 5.69 Å². The number of nitrogens with one attached hydrogen (secondary N) is 2. The average Bonchev–Trinajstić information content (AvgIpc) is 3.09. The van der Waals surface area contributed by atoms with Crippen molar-refractivity contribution < 1.29 is 23.9 Å². The van der Waals surface area contributed by atoms with Crippen LogP contribution in [0.1, 0.15) is 35.9 Å². The molecular weight excluding hydrogens is 474 g/mol. The van der Waals surface area contributed by atoms with Crippen molar-refractivity contribution in [1.29, 1.82) is 0 Å². The van der Waals surface area contributed by atoms with E-state index >= 15 is 0 Å². The van der Waals surface area contributed by atoms with Crippen LogP contribution in [0.5, 0.6) is 17.2 Å². The minimum Gasteiger partial charge on any atom is -0.493 e. The van der Waals surface area contributed by atoms with Crippen LogP contribution in [0.25, 0.3) is 0 Å². The highest BCUT2D eigenvalue weighted by atomic mass is 16.6. The number of benzene rings is 3. The number of methoxy groups -OCH3 is 3. The summed E-state index contributed by atoms with van der Waals surface area (Å²) in [5.74, 6) is 1.27. The number of para-hydroxylation sites is 3. The van der Waals surface area contributed by atoms with E-state index in [2.05, 4.69) is 10.6 Å². The summed E-state index contributed by atoms with van der Waals surface area (Å²) in [6.45, 7) is 0. The first kappa shape index (κ1) is 24.2. The zero-order valence-electron chi connectivity index (χ0n) is 20.7. The molecule has 0 bridgehead atoms. The first-order chi connectivity index (χ1) is 17.9. The summed E-state index contributed by atoms with van der Waals surface area (Å²) < 4.78 is 16.5. The van der Waals surface area contributed by atoms with Crippen molar-refractivity contribution in [1.82, 2.24) is 0 Å². The van der Waals surface area contributed by atoms with Gasteiger partial charge in [-0.15, -0.1) is 0 Å². The third-order valence-electron chi connectivity index (χ3n) is 6.91. The second-order valence-electron chi connectivity index (χ2n) is 8.94. The molecule has 0 fully saturated rings. The van der Waals surface area contributed by atoms with Gasteiger partial charge in [-0.2, -0.15) is 0 Å². The molecule has 1 heterocycles. The minimum absolute atomic E-state index is 0.0363. The first-order valence-corrected chi connectivity index (χ1v) is 11.9. The zero-order valence-corrected chi connectivity index (χ0v) is 20.7. The van der Waals surface area contributed by atoms with Gasteiger partial charge in [0.05, 0.1) is 49.2 Å². The quantitative estimate of drug-likeness (QED) is 0.332. The van der Waals surface area contributed by atoms with E-state index in [-0.39, 0.29) is 23.8 Å². The van der Waals surface area contributed by atoms with Crippen LogP contribution in [-0.4, -0.2) is 32.0 Å². The van der Waals surface area contributed by atoms with Crippen molar-refractivity contribution in [3.8, 4) is 17.2 Å². The molecule has 190 valence electrons. The molecule has 0 aromatic heterocycles. The monoisotopic (exact) mass is 501 g/mol. The number of fused-ring (bicyclic) bond motifs is 1. The van der Waals surface area contributed by atoms with E-state index in [1.165, 1.54) is 6.07 Å². The van der Waals surface area contributed by atoms with Crippen LogP contribution >= 0.6 is 0 Å². The van der Waals surface area contributed by atoms with Crippen molar-refractivity contribution in [2.45, 2.75) is 24.8 Å². The fraction of sp³-hybridized carbons (Fsp3) is 0.250. The summed E-state index contributed by atoms with van der Waals surface area (Å²) in [6.07, 6.45) is 0.751. The lowest BCUT2D eigenvalue weighted by atomic mass is 9.78. The number of nitrogens with zero attached hydrogens (tertiary/aromatic N) is 1. The number of carbonyl (C=O) groups is 1. The van der Waals surface area contributed by atoms with Crippen molar-refractivity contribution in [2.75, 3.05) is 32.0 Å². The molecule has 0 unspecified atom stereocenters. The standard InChI is InChI=1S/C28H27N3O6/c1-35-24-14-17(15-25(36-2)28(24)37-3)16-12-21-26(23(32)13-16)27(18-8-4-7-11-22(18)31(33)34)30-20-10-6-5-9-19(20)29-21/h4-11,14-16,27,29-30H,12-13H2,1-3H3/t16-,27+/m1/s1. The molecule has 37 heavy (non-hydrogen) atoms. The number of rotatable bonds is 6. The second-order valence-corrected chi connectivity index (χ2v) is 8.94. The molecule has 2 atom stereocenters. The van der Waals surface area contributed by atoms with Crippen molar-refractivity contribution in [3.05, 3.63) is 93.2 Å². The lowest BCUT2D eigenvalue weighted by Gasteiger charge is -2.30. The molecule has 0 spiro atoms. The number of allylic oxidation sites excluding steroid dienone is 1. The zero-order chi connectivity index (χ0) is 26.1. The van der Waals surface area contributed by atoms with E-state index in [1.54, 1.807) is 39.5 Å². The third-order valence-corrected chi connectivity index (χ3v) is 6.91. The number of nitro groups is 1. The lowest BCUT2D eigenvalue weighted by molar-refractivity contribution is -0.385. The Morgan fingerprint density at radius 2 is 1.54 bits per heavy atom. The summed E-state index contributed by atoms with van der Waals surface area (Å²) in [5.41, 5.74) is 4.09. The van der Waals surface area contributed by atoms with Crippen LogP contribution in [0.3, 0.4) is 0 Å². The number of anilines is 2. The van der Waals surface area contributed by atoms with Crippen molar-refractivity contribution in [3.63, 3.8) is 0 Å². The Hall–Kier alpha value is -4.53. The van der Waals surface area contributed by atoms with Crippen molar-refractivity contribution >= 4 is 22.8 Å². The van der Waals surface area contributed by atoms with E-state index in [1.807, 2.05) is 36.4 Å². The average molecular weight is 502 g/mol. The molecule has 0 amide bonds. The maximum atomic E-state index is 13.8. The molecule has 0 radical (unpaired) electrons. The van der Waals surface area contributed by atoms with Crippen molar-refractivity contribution in [2.24, 2.45) is 0 Å². The van der Waals surface area contributed by atoms with Gasteiger partial charge in [0, 0.05) is 23.8 Å². The van der Waals surface area contributed by atoms with Crippen LogP contribution in [-0.2, 0) is 4.79 Å². The topological polar surface area (TPSA) is 112 Å². The van der Waals surface area contributed by atoms with E-state index in [0.29, 0.717) is 34.8 Å². The second kappa shape index (κ2) is 9.85. The Morgan fingerprint density at radius 3 is 2.19 bits per heavy atom. The van der Waals surface area contributed by atoms with Crippen LogP contribution < -0.4 is 24.8 Å². The van der Waals surface area contributed by atoms with E-state index in [9.17, 15) is 14.9 Å². The van der Waals surface area contributed by atoms with Gasteiger partial charge >= 0.3 is 0 Å². The molecule has 0 saturated heterocycles. The highest BCUT2D eigenvalue weighted by molar-refractivity contribution is 6.01. The first-order valence-electron chi connectivity index (χ1n) is 11.9. The van der Waals surface area contributed by atoms with Gasteiger partial charge < -0.3 is 24.8 Å². The smallest absolute Gasteiger partial charge is 0.275 e. The van der Waals surface area contributed by atoms with Gasteiger partial charge in [-0.05, 0) is 48.2 Å². The molecular formula is C28H27N3O6. The number of hydrogen-bond donors (Lipinski definition) is 2. The van der Waals surface area contributed by atoms with E-state index in [4.69, 9.17) is 14.2 Å². The van der Waals surface area contributed by atoms with Crippen LogP contribution in [0.15, 0.2) is 71.9 Å². The highest BCUT2D eigenvalue weighted by Crippen LogP contribution is 2.48. The summed E-state index contributed by atoms with van der Waals surface area (Å²) in [7, 11) is 4.66. The molecule has 2 aliphatic rings. The molecule has 0 saturated carbocycles. The molecule has 3 aromatic rings. The molecule has 3 aromatic carbocycles. The minimum atomic E-state index is -0.680. The maximum absolute atomic E-state index is 13.8. The van der Waals surface area contributed by atoms with Gasteiger partial charge in [0.15, 0.2) is 17.3 Å². The SMILES string of the molecule is COc1cc([C@H]2CC(=O)C3=C(C2)Nc2ccccc2N[C@H]3c2ccccc2[N+](=O)[O-])cc(OC)c1OC. The molecule has 2 N–H and O–H groups in total. The van der Waals surface area contributed by atoms with Gasteiger partial charge in [-0.3, -0.25) is 14.9 Å². The summed E-state index contributed by atoms with van der Waals surface area (Å²) in [6, 6.07) is 17.2. The lowest BCUT2D eigenvalue weighted by Crippen LogP contribution is -2.27. The summed E-state index contributed by atoms with van der Waals surface area (Å²) in [4.78, 5) is 25.3. The Morgan fingerprint density at radius 1 is 0.892 bits per heavy atom. The molecule has 1 aliphatic heterocycles. The normalized spacial score (nSPS) is 18.5. The molecule has 5 rings (SSSR count). The Balaban J connectivity index is 1.63. The number of nitro benzene ring substituents is 1. The number of Topliss-reactive ketones (excluding diaryl/α,β-unsaturated/α-hetero) is 1. The molecule has 9 nitrogen and oxygen atoms in total. The third kappa shape index (κ3) is 4.33. The number of carbonyl (C=O) groups excluding carboxylic acids is 1. The van der Waals surface area contributed by atoms with Gasteiger partial charge in [0.2, 0.25) is 5.75 Å². The fourth-order valence-corrected chi connectivity index (χ4v) is 5.20. The number of ketones is 1. The van der Waals surface area contributed by atoms with Gasteiger partial charge in [-0.1, -0.05) is 24.3 Å². The highest BCUT2D eigenvalue weighted by Gasteiger charge is 2.38. The Kier molecular flexibility index (Phi) is 6.43. The van der Waals surface area contributed by atoms with E-state index in [0.717, 1.165) is 22.6 Å². The fourth-order valence-electron chi connectivity index (χ4n) is 5.20. The summed E-state index contributed by atoms with van der Waals surface area (Å²) >= 11 is 0. The van der Waals surface area contributed by atoms with E-state index < -0.39 is 11.0 Å². The van der Waals surface area contributed by atoms with Crippen LogP contribution in [0.2, 0.25) is 0 Å². The number of ether oxygens (including phenoxy) is 3. The predicted octanol–water partition coefficient (Wildman–Crippen LogP) is 5.60. The van der Waals surface area contributed by atoms with Gasteiger partial charge in [-0.25, -0.2) is 0 Å². The summed E-state index contributed by atoms with van der Waals surface area (Å²) in [5, 5.41) is 18.7.